The Bertz CT molecular complexity index is 1310. The molecule has 1 unspecified atom stereocenters. The number of guanidine groups is 1. The Morgan fingerprint density at radius 1 is 1.21 bits per heavy atom. The number of halogens is 7. The van der Waals surface area contributed by atoms with E-state index in [-0.39, 0.29) is 15.9 Å². The van der Waals surface area contributed by atoms with Crippen molar-refractivity contribution in [2.75, 3.05) is 26.2 Å². The van der Waals surface area contributed by atoms with Crippen LogP contribution >= 0.6 is 124 Å². The molecular formula is C24H29Br4I3N9S2-. The number of hydrogen-bond donors (Lipinski definition) is 3. The van der Waals surface area contributed by atoms with Crippen LogP contribution in [0.3, 0.4) is 0 Å². The number of nitrogens with zero attached hydrogens (tertiary/aromatic N) is 6. The summed E-state index contributed by atoms with van der Waals surface area (Å²) in [7, 11) is 0. The largest absolute Gasteiger partial charge is 0.185 e. The second-order valence-electron chi connectivity index (χ2n) is 8.84. The third-order valence-electron chi connectivity index (χ3n) is 5.69. The van der Waals surface area contributed by atoms with E-state index in [1.807, 2.05) is 11.8 Å². The molecule has 0 spiro atoms. The van der Waals surface area contributed by atoms with Gasteiger partial charge in [0.1, 0.15) is 21.2 Å². The van der Waals surface area contributed by atoms with Crippen molar-refractivity contribution in [1.82, 2.24) is 10.2 Å². The fourth-order valence-electron chi connectivity index (χ4n) is 3.89. The van der Waals surface area contributed by atoms with Crippen molar-refractivity contribution in [3.05, 3.63) is 41.6 Å². The Balaban J connectivity index is 0.000000332. The predicted molar refractivity (Wildman–Crippen MR) is 205 cm³/mol. The number of fused-ring (bicyclic) bond motifs is 1. The Kier molecular flexibility index (Phi) is 20.3. The molecule has 5 rings (SSSR count). The van der Waals surface area contributed by atoms with Gasteiger partial charge < -0.3 is 16.8 Å². The molecule has 0 radical (unpaired) electrons. The average Bonchev–Trinajstić information content (AvgIpc) is 3.73. The van der Waals surface area contributed by atoms with Crippen LogP contribution in [0, 0.1) is 21.6 Å². The Hall–Kier alpha value is 0.860. The SMILES string of the molecule is CC#N.C[C@](N)(CC1=NCCN1)c1cc(Br)cs1.C[C@]1(c2cc(Br)cs2)N=C(N)N2CCN=C2C1Br.I[I-]I.N#CBr. The predicted octanol–water partition coefficient (Wildman–Crippen LogP) is 4.78. The van der Waals surface area contributed by atoms with Gasteiger partial charge in [-0.3, -0.25) is 14.9 Å². The van der Waals surface area contributed by atoms with Crippen molar-refractivity contribution in [3.63, 3.8) is 0 Å². The third kappa shape index (κ3) is 12.6. The molecule has 2 aromatic rings. The average molecular weight is 1210 g/mol. The molecule has 3 atom stereocenters. The van der Waals surface area contributed by atoms with Gasteiger partial charge in [0.25, 0.3) is 0 Å². The minimum absolute atomic E-state index is 0.0605. The zero-order valence-electron chi connectivity index (χ0n) is 22.7. The molecule has 9 nitrogen and oxygen atoms in total. The first-order chi connectivity index (χ1) is 19.8. The molecule has 5 N–H and O–H groups in total. The van der Waals surface area contributed by atoms with E-state index in [1.165, 1.54) is 16.7 Å². The van der Waals surface area contributed by atoms with Gasteiger partial charge in [-0.2, -0.15) is 10.5 Å². The van der Waals surface area contributed by atoms with E-state index in [0.29, 0.717) is 19.2 Å². The Morgan fingerprint density at radius 3 is 2.26 bits per heavy atom. The van der Waals surface area contributed by atoms with Crippen LogP contribution in [0.5, 0.6) is 0 Å². The van der Waals surface area contributed by atoms with Crippen LogP contribution in [0.15, 0.2) is 46.8 Å². The molecule has 0 saturated heterocycles. The molecule has 2 aromatic heterocycles. The summed E-state index contributed by atoms with van der Waals surface area (Å²) in [5.74, 6) is 2.59. The molecule has 5 heterocycles. The van der Waals surface area contributed by atoms with Crippen LogP contribution in [0.2, 0.25) is 0 Å². The van der Waals surface area contributed by atoms with Crippen molar-refractivity contribution in [3.8, 4) is 11.0 Å². The van der Waals surface area contributed by atoms with Crippen LogP contribution in [-0.2, 0) is 11.1 Å². The first-order valence-corrected chi connectivity index (χ1v) is 29.5. The second kappa shape index (κ2) is 20.9. The molecule has 0 amide bonds. The minimum atomic E-state index is -0.388. The number of thiophene rings is 2. The number of rotatable bonds is 4. The normalized spacial score (nSPS) is 21.2. The van der Waals surface area contributed by atoms with Gasteiger partial charge in [-0.1, -0.05) is 15.9 Å². The van der Waals surface area contributed by atoms with E-state index in [2.05, 4.69) is 146 Å². The van der Waals surface area contributed by atoms with Crippen molar-refractivity contribution in [1.29, 1.82) is 10.5 Å². The minimum Gasteiger partial charge on any atom is -0.185 e. The summed E-state index contributed by atoms with van der Waals surface area (Å²) in [5, 5.41) is 21.9. The first kappa shape index (κ1) is 40.9. The topological polar surface area (TPSA) is 152 Å². The molecule has 3 aliphatic heterocycles. The van der Waals surface area contributed by atoms with Crippen molar-refractivity contribution in [2.24, 2.45) is 26.4 Å². The molecule has 0 saturated carbocycles. The molecule has 18 heteroatoms. The molecule has 0 aliphatic carbocycles. The van der Waals surface area contributed by atoms with Gasteiger partial charge in [0.2, 0.25) is 0 Å². The Labute approximate surface area is 319 Å². The second-order valence-corrected chi connectivity index (χ2v) is 30.0. The number of aliphatic imine (C=N–C) groups is 3. The quantitative estimate of drug-likeness (QED) is 0.297. The fourth-order valence-corrected chi connectivity index (χ4v) is 7.85. The van der Waals surface area contributed by atoms with Crippen LogP contribution < -0.4 is 30.0 Å². The molecule has 42 heavy (non-hydrogen) atoms. The third-order valence-corrected chi connectivity index (χ3v) is 10.9. The molecule has 3 aliphatic rings. The number of amidine groups is 2. The van der Waals surface area contributed by atoms with Gasteiger partial charge in [-0.15, -0.1) is 22.7 Å². The molecular weight excluding hydrogens is 1180 g/mol. The summed E-state index contributed by atoms with van der Waals surface area (Å²) in [6.45, 7) is 9.01. The van der Waals surface area contributed by atoms with Crippen molar-refractivity contribution < 1.29 is 13.3 Å². The molecule has 0 bridgehead atoms. The Morgan fingerprint density at radius 2 is 1.79 bits per heavy atom. The van der Waals surface area contributed by atoms with Gasteiger partial charge in [0.05, 0.1) is 30.5 Å². The maximum Gasteiger partial charge on any atom is 0.142 e. The summed E-state index contributed by atoms with van der Waals surface area (Å²) >= 11 is 21.8. The summed E-state index contributed by atoms with van der Waals surface area (Å²) in [5.41, 5.74) is 11.7. The van der Waals surface area contributed by atoms with Gasteiger partial charge >= 0.3 is 50.5 Å². The number of nitrogens with one attached hydrogen (secondary N) is 1. The van der Waals surface area contributed by atoms with Crippen LogP contribution in [-0.4, -0.2) is 53.5 Å². The maximum atomic E-state index is 7.32. The van der Waals surface area contributed by atoms with E-state index in [9.17, 15) is 0 Å². The number of alkyl halides is 1. The van der Waals surface area contributed by atoms with E-state index >= 15 is 0 Å². The van der Waals surface area contributed by atoms with E-state index in [4.69, 9.17) is 27.0 Å². The van der Waals surface area contributed by atoms with E-state index < -0.39 is 0 Å². The summed E-state index contributed by atoms with van der Waals surface area (Å²) < 4.78 is 2.17. The number of hydrogen-bond acceptors (Lipinski definition) is 11. The standard InChI is InChI=1S/C11H12Br2N4S.C10H14BrN3S.C2H3N.CBrN.I3/c1-11(7-4-6(12)5-18-7)8(13)9-15-2-3-17(9)10(14)16-11;1-10(12,5-9-13-2-3-14-9)8-4-7(11)6-15-8;1-2-3;2-1-3;1-3-2/h4-5,8H,2-3H2,1H3,(H2,14,16);4,6H,2-3,5,12H2,1H3,(H,13,14);1H3;;/q;;;;-1/t8?,11-;10-;;;/m10.../s1. The summed E-state index contributed by atoms with van der Waals surface area (Å²) in [6, 6.07) is 5.93. The van der Waals surface area contributed by atoms with Gasteiger partial charge in [0.15, 0.2) is 5.96 Å². The van der Waals surface area contributed by atoms with Crippen molar-refractivity contribution >= 4 is 141 Å². The smallest absolute Gasteiger partial charge is 0.142 e. The molecule has 232 valence electrons. The fraction of sp³-hybridized carbons (Fsp3) is 0.458. The van der Waals surface area contributed by atoms with Crippen molar-refractivity contribution in [2.45, 2.75) is 43.1 Å². The van der Waals surface area contributed by atoms with Crippen LogP contribution in [0.25, 0.3) is 0 Å². The maximum absolute atomic E-state index is 7.32. The van der Waals surface area contributed by atoms with E-state index in [1.54, 1.807) is 33.7 Å². The summed E-state index contributed by atoms with van der Waals surface area (Å²) in [4.78, 5) is 19.6. The summed E-state index contributed by atoms with van der Waals surface area (Å²) in [6.07, 6.45) is 0.778. The molecule has 0 aromatic carbocycles. The van der Waals surface area contributed by atoms with Gasteiger partial charge in [-0.25, -0.2) is 4.99 Å². The zero-order chi connectivity index (χ0) is 31.9. The number of nitrogens with two attached hydrogens (primary N) is 2. The van der Waals surface area contributed by atoms with Crippen LogP contribution in [0.4, 0.5) is 0 Å². The zero-order valence-corrected chi connectivity index (χ0v) is 37.2. The van der Waals surface area contributed by atoms with Gasteiger partial charge in [0, 0.05) is 71.8 Å². The van der Waals surface area contributed by atoms with Crippen LogP contribution in [0.1, 0.15) is 36.9 Å². The van der Waals surface area contributed by atoms with Gasteiger partial charge in [-0.05, 0) is 57.8 Å². The monoisotopic (exact) mass is 1200 g/mol. The molecule has 0 fully saturated rings. The number of nitriles is 2. The first-order valence-electron chi connectivity index (χ1n) is 11.9. The van der Waals surface area contributed by atoms with E-state index in [0.717, 1.165) is 53.2 Å².